The molecule has 0 aliphatic heterocycles. The van der Waals surface area contributed by atoms with Crippen LogP contribution in [-0.4, -0.2) is 26.4 Å². The fourth-order valence-electron chi connectivity index (χ4n) is 1.65. The number of esters is 1. The van der Waals surface area contributed by atoms with E-state index in [1.54, 1.807) is 6.92 Å². The van der Waals surface area contributed by atoms with Crippen molar-refractivity contribution >= 4 is 16.6 Å². The number of rotatable bonds is 4. The van der Waals surface area contributed by atoms with E-state index in [1.165, 1.54) is 13.8 Å². The largest absolute Gasteiger partial charge is 0.464 e. The minimum atomic E-state index is -3.07. The Morgan fingerprint density at radius 1 is 1.56 bits per heavy atom. The van der Waals surface area contributed by atoms with Crippen LogP contribution in [0.3, 0.4) is 0 Å². The molecule has 0 saturated carbocycles. The second-order valence-electron chi connectivity index (χ2n) is 4.34. The van der Waals surface area contributed by atoms with E-state index < -0.39 is 21.3 Å². The summed E-state index contributed by atoms with van der Waals surface area (Å²) in [7, 11) is -3.07. The fourth-order valence-corrected chi connectivity index (χ4v) is 3.37. The van der Waals surface area contributed by atoms with Crippen LogP contribution in [0, 0.1) is 0 Å². The maximum atomic E-state index is 11.7. The molecule has 4 nitrogen and oxygen atoms in total. The molecule has 0 saturated heterocycles. The normalized spacial score (nSPS) is 18.2. The number of ether oxygens (including phenoxy) is 1. The van der Waals surface area contributed by atoms with Crippen LogP contribution in [0.5, 0.6) is 0 Å². The predicted octanol–water partition coefficient (Wildman–Crippen LogP) is 3.15. The summed E-state index contributed by atoms with van der Waals surface area (Å²) in [5.74, 6) is -0.553. The van der Waals surface area contributed by atoms with Crippen molar-refractivity contribution in [3.63, 3.8) is 0 Å². The summed E-state index contributed by atoms with van der Waals surface area (Å²) in [5.41, 5.74) is 0. The Labute approximate surface area is 98.0 Å². The standard InChI is InChI=1S/C11H20O4S/c1-4-15-10(12)11(2,3)16(13,14)9-7-5-6-8-9/h7,13-14H,4-6,8H2,1-3H3. The Kier molecular flexibility index (Phi) is 4.04. The number of hydrogen-bond donors (Lipinski definition) is 2. The van der Waals surface area contributed by atoms with Gasteiger partial charge in [0.25, 0.3) is 0 Å². The molecule has 0 bridgehead atoms. The van der Waals surface area contributed by atoms with Crippen LogP contribution < -0.4 is 0 Å². The van der Waals surface area contributed by atoms with Gasteiger partial charge in [0.05, 0.1) is 6.61 Å². The molecule has 1 rings (SSSR count). The van der Waals surface area contributed by atoms with Crippen LogP contribution in [0.15, 0.2) is 11.0 Å². The minimum absolute atomic E-state index is 0.247. The van der Waals surface area contributed by atoms with Crippen LogP contribution in [0.25, 0.3) is 0 Å². The molecule has 94 valence electrons. The quantitative estimate of drug-likeness (QED) is 0.750. The SMILES string of the molecule is CCOC(=O)C(C)(C)S(O)(O)C1=CCCC1. The summed E-state index contributed by atoms with van der Waals surface area (Å²) < 4.78 is 24.0. The molecule has 0 spiro atoms. The lowest BCUT2D eigenvalue weighted by molar-refractivity contribution is -0.145. The molecule has 0 unspecified atom stereocenters. The average Bonchev–Trinajstić information content (AvgIpc) is 2.70. The molecule has 0 fully saturated rings. The van der Waals surface area contributed by atoms with Gasteiger partial charge in [-0.05, 0) is 40.0 Å². The number of hydrogen-bond acceptors (Lipinski definition) is 4. The molecule has 0 aromatic carbocycles. The molecule has 1 aliphatic carbocycles. The van der Waals surface area contributed by atoms with E-state index in [0.29, 0.717) is 11.3 Å². The molecule has 0 radical (unpaired) electrons. The maximum Gasteiger partial charge on any atom is 0.331 e. The molecule has 0 amide bonds. The third-order valence-corrected chi connectivity index (χ3v) is 5.54. The van der Waals surface area contributed by atoms with Gasteiger partial charge in [-0.15, -0.1) is 0 Å². The molecule has 0 heterocycles. The van der Waals surface area contributed by atoms with Crippen molar-refractivity contribution in [3.8, 4) is 0 Å². The molecule has 0 aromatic heterocycles. The van der Waals surface area contributed by atoms with E-state index in [0.717, 1.165) is 12.8 Å². The number of allylic oxidation sites excluding steroid dienone is 2. The van der Waals surface area contributed by atoms with Crippen molar-refractivity contribution in [3.05, 3.63) is 11.0 Å². The van der Waals surface area contributed by atoms with Gasteiger partial charge < -0.3 is 4.74 Å². The third-order valence-electron chi connectivity index (χ3n) is 2.84. The monoisotopic (exact) mass is 248 g/mol. The predicted molar refractivity (Wildman–Crippen MR) is 65.5 cm³/mol. The number of carbonyl (C=O) groups is 1. The summed E-state index contributed by atoms with van der Waals surface area (Å²) in [6, 6.07) is 0. The molecule has 0 aromatic rings. The third kappa shape index (κ3) is 2.26. The van der Waals surface area contributed by atoms with Crippen molar-refractivity contribution in [2.75, 3.05) is 6.61 Å². The Morgan fingerprint density at radius 3 is 2.62 bits per heavy atom. The van der Waals surface area contributed by atoms with Gasteiger partial charge in [-0.2, -0.15) is 10.6 Å². The topological polar surface area (TPSA) is 66.8 Å². The highest BCUT2D eigenvalue weighted by Gasteiger charge is 2.45. The second kappa shape index (κ2) is 4.77. The number of carbonyl (C=O) groups excluding carboxylic acids is 1. The summed E-state index contributed by atoms with van der Waals surface area (Å²) >= 11 is 0. The average molecular weight is 248 g/mol. The highest BCUT2D eigenvalue weighted by atomic mass is 32.3. The van der Waals surface area contributed by atoms with E-state index in [1.807, 2.05) is 6.08 Å². The summed E-state index contributed by atoms with van der Waals surface area (Å²) in [6.45, 7) is 5.00. The van der Waals surface area contributed by atoms with Crippen LogP contribution >= 0.6 is 10.6 Å². The lowest BCUT2D eigenvalue weighted by Crippen LogP contribution is -2.39. The van der Waals surface area contributed by atoms with Gasteiger partial charge in [-0.3, -0.25) is 9.11 Å². The first kappa shape index (κ1) is 13.5. The Hall–Kier alpha value is -0.520. The molecular weight excluding hydrogens is 228 g/mol. The summed E-state index contributed by atoms with van der Waals surface area (Å²) in [5, 5.41) is 0. The van der Waals surface area contributed by atoms with Crippen LogP contribution in [0.2, 0.25) is 0 Å². The Morgan fingerprint density at radius 2 is 2.19 bits per heavy atom. The van der Waals surface area contributed by atoms with E-state index in [9.17, 15) is 13.9 Å². The zero-order valence-corrected chi connectivity index (χ0v) is 10.8. The first-order valence-corrected chi connectivity index (χ1v) is 7.02. The lowest BCUT2D eigenvalue weighted by Gasteiger charge is -2.45. The molecule has 1 aliphatic rings. The van der Waals surface area contributed by atoms with Gasteiger partial charge in [0, 0.05) is 4.91 Å². The van der Waals surface area contributed by atoms with Gasteiger partial charge in [0.1, 0.15) is 0 Å². The molecule has 16 heavy (non-hydrogen) atoms. The van der Waals surface area contributed by atoms with Gasteiger partial charge >= 0.3 is 5.97 Å². The highest BCUT2D eigenvalue weighted by molar-refractivity contribution is 8.29. The van der Waals surface area contributed by atoms with Gasteiger partial charge in [-0.25, -0.2) is 4.79 Å². The van der Waals surface area contributed by atoms with Crippen LogP contribution in [-0.2, 0) is 9.53 Å². The summed E-state index contributed by atoms with van der Waals surface area (Å²) in [4.78, 5) is 12.3. The fraction of sp³-hybridized carbons (Fsp3) is 0.727. The highest BCUT2D eigenvalue weighted by Crippen LogP contribution is 2.61. The van der Waals surface area contributed by atoms with Crippen molar-refractivity contribution < 1.29 is 18.6 Å². The van der Waals surface area contributed by atoms with Gasteiger partial charge in [0.2, 0.25) is 0 Å². The first-order valence-electron chi connectivity index (χ1n) is 5.48. The van der Waals surface area contributed by atoms with E-state index in [-0.39, 0.29) is 6.61 Å². The molecule has 5 heteroatoms. The van der Waals surface area contributed by atoms with Crippen molar-refractivity contribution in [2.24, 2.45) is 0 Å². The first-order chi connectivity index (χ1) is 7.34. The zero-order chi connectivity index (χ0) is 12.4. The van der Waals surface area contributed by atoms with Crippen LogP contribution in [0.4, 0.5) is 0 Å². The van der Waals surface area contributed by atoms with Crippen molar-refractivity contribution in [1.82, 2.24) is 0 Å². The summed E-state index contributed by atoms with van der Waals surface area (Å²) in [6.07, 6.45) is 4.26. The van der Waals surface area contributed by atoms with E-state index in [2.05, 4.69) is 0 Å². The Balaban J connectivity index is 2.91. The zero-order valence-electron chi connectivity index (χ0n) is 10.0. The van der Waals surface area contributed by atoms with Crippen LogP contribution in [0.1, 0.15) is 40.0 Å². The van der Waals surface area contributed by atoms with Crippen molar-refractivity contribution in [2.45, 2.75) is 44.8 Å². The second-order valence-corrected chi connectivity index (χ2v) is 6.99. The van der Waals surface area contributed by atoms with Gasteiger partial charge in [-0.1, -0.05) is 6.08 Å². The van der Waals surface area contributed by atoms with E-state index >= 15 is 0 Å². The molecular formula is C11H20O4S. The van der Waals surface area contributed by atoms with Crippen molar-refractivity contribution in [1.29, 1.82) is 0 Å². The smallest absolute Gasteiger partial charge is 0.331 e. The van der Waals surface area contributed by atoms with E-state index in [4.69, 9.17) is 4.74 Å². The lowest BCUT2D eigenvalue weighted by atomic mass is 10.2. The Bertz CT molecular complexity index is 307. The maximum absolute atomic E-state index is 11.7. The molecule has 0 atom stereocenters. The molecule has 2 N–H and O–H groups in total. The minimum Gasteiger partial charge on any atom is -0.464 e. The van der Waals surface area contributed by atoms with Gasteiger partial charge in [0.15, 0.2) is 4.75 Å².